The second-order valence-corrected chi connectivity index (χ2v) is 48.9. The minimum atomic E-state index is -2.31. The molecule has 0 aromatic heterocycles. The van der Waals surface area contributed by atoms with Crippen molar-refractivity contribution in [2.75, 3.05) is 25.8 Å². The molecule has 0 aliphatic rings. The maximum absolute atomic E-state index is 11.9. The Hall–Kier alpha value is -0.972. The number of unbranched alkanes of at least 4 members (excludes halogenated alkanes) is 1. The average Bonchev–Trinajstić information content (AvgIpc) is 3.03. The number of methoxy groups -OCH3 is 1. The molecule has 8 nitrogen and oxygen atoms in total. The Kier molecular flexibility index (Phi) is 18.8. The topological polar surface area (TPSA) is 81.7 Å². The molecule has 2 aromatic carbocycles. The van der Waals surface area contributed by atoms with Crippen LogP contribution >= 0.6 is 0 Å². The van der Waals surface area contributed by atoms with Crippen molar-refractivity contribution < 1.29 is 35.8 Å². The average molecular weight is 870 g/mol. The van der Waals surface area contributed by atoms with Gasteiger partial charge < -0.3 is 31.0 Å². The Bertz CT molecular complexity index is 1470. The molecule has 0 fully saturated rings. The van der Waals surface area contributed by atoms with Gasteiger partial charge in [-0.25, -0.2) is 0 Å². The Morgan fingerprint density at radius 2 is 1.04 bits per heavy atom. The predicted octanol–water partition coefficient (Wildman–Crippen LogP) is 10.7. The first-order valence-electron chi connectivity index (χ1n) is 20.0. The molecular formula is C39H76O8Si7. The molecule has 0 radical (unpaired) electrons. The highest BCUT2D eigenvalue weighted by molar-refractivity contribution is 6.95. The number of carbonyl (C=O) groups is 1. The van der Waals surface area contributed by atoms with Crippen molar-refractivity contribution in [2.24, 2.45) is 0 Å². The van der Waals surface area contributed by atoms with Gasteiger partial charge in [-0.2, -0.15) is 0 Å². The van der Waals surface area contributed by atoms with Gasteiger partial charge in [0.15, 0.2) is 41.6 Å². The molecule has 54 heavy (non-hydrogen) atoms. The first-order valence-corrected chi connectivity index (χ1v) is 41.2. The number of ether oxygens (including phenoxy) is 2. The van der Waals surface area contributed by atoms with Crippen molar-refractivity contribution in [1.82, 2.24) is 0 Å². The van der Waals surface area contributed by atoms with Gasteiger partial charge in [-0.15, -0.1) is 0 Å². The van der Waals surface area contributed by atoms with Crippen LogP contribution in [-0.4, -0.2) is 90.0 Å². The van der Waals surface area contributed by atoms with Gasteiger partial charge in [-0.05, 0) is 126 Å². The molecule has 0 saturated carbocycles. The molecular weight excluding hydrogens is 793 g/mol. The summed E-state index contributed by atoms with van der Waals surface area (Å²) in [6.07, 6.45) is 4.49. The van der Waals surface area contributed by atoms with Gasteiger partial charge in [-0.3, -0.25) is 4.79 Å². The smallest absolute Gasteiger partial charge is 0.311 e. The van der Waals surface area contributed by atoms with E-state index in [9.17, 15) is 4.79 Å². The van der Waals surface area contributed by atoms with E-state index in [-0.39, 0.29) is 5.97 Å². The zero-order valence-electron chi connectivity index (χ0n) is 37.0. The van der Waals surface area contributed by atoms with Crippen LogP contribution in [0.2, 0.25) is 96.3 Å². The molecule has 1 unspecified atom stereocenters. The second kappa shape index (κ2) is 20.6. The van der Waals surface area contributed by atoms with E-state index in [1.807, 2.05) is 36.4 Å². The van der Waals surface area contributed by atoms with Crippen LogP contribution in [0.3, 0.4) is 0 Å². The summed E-state index contributed by atoms with van der Waals surface area (Å²) < 4.78 is 46.5. The number of hydrogen-bond donors (Lipinski definition) is 0. The third-order valence-electron chi connectivity index (χ3n) is 9.74. The van der Waals surface area contributed by atoms with Crippen molar-refractivity contribution in [1.29, 1.82) is 0 Å². The summed E-state index contributed by atoms with van der Waals surface area (Å²) in [5.74, 6) is 1.22. The van der Waals surface area contributed by atoms with Crippen LogP contribution in [0.5, 0.6) is 11.5 Å². The zero-order valence-corrected chi connectivity index (χ0v) is 44.0. The maximum atomic E-state index is 11.9. The van der Waals surface area contributed by atoms with E-state index < -0.39 is 58.2 Å². The van der Waals surface area contributed by atoms with Gasteiger partial charge in [0.25, 0.3) is 0 Å². The lowest BCUT2D eigenvalue weighted by molar-refractivity contribution is -0.131. The molecule has 0 heterocycles. The summed E-state index contributed by atoms with van der Waals surface area (Å²) in [4.78, 5) is 11.9. The van der Waals surface area contributed by atoms with Gasteiger partial charge in [0.2, 0.25) is 0 Å². The van der Waals surface area contributed by atoms with Crippen LogP contribution in [0.15, 0.2) is 48.5 Å². The Morgan fingerprint density at radius 3 is 1.50 bits per heavy atom. The third kappa shape index (κ3) is 18.1. The quantitative estimate of drug-likeness (QED) is 0.0555. The fraction of sp³-hybridized carbons (Fsp3) is 0.667. The fourth-order valence-corrected chi connectivity index (χ4v) is 41.6. The number of esters is 1. The van der Waals surface area contributed by atoms with Gasteiger partial charge in [0.05, 0.1) is 7.11 Å². The number of benzene rings is 2. The van der Waals surface area contributed by atoms with E-state index in [1.54, 1.807) is 7.11 Å². The van der Waals surface area contributed by atoms with Crippen LogP contribution in [-0.2, 0) is 38.4 Å². The Balaban J connectivity index is 2.31. The Labute approximate surface area is 337 Å². The summed E-state index contributed by atoms with van der Waals surface area (Å²) >= 11 is 0. The summed E-state index contributed by atoms with van der Waals surface area (Å²) in [7, 11) is -13.3. The van der Waals surface area contributed by atoms with Gasteiger partial charge in [0.1, 0.15) is 19.6 Å². The van der Waals surface area contributed by atoms with Crippen molar-refractivity contribution >= 4 is 64.2 Å². The fourth-order valence-electron chi connectivity index (χ4n) is 7.37. The number of para-hydroxylation sites is 2. The van der Waals surface area contributed by atoms with Crippen molar-refractivity contribution in [3.63, 3.8) is 0 Å². The van der Waals surface area contributed by atoms with E-state index in [1.165, 1.54) is 31.4 Å². The largest absolute Gasteiger partial charge is 0.496 e. The lowest BCUT2D eigenvalue weighted by atomic mass is 10.2. The third-order valence-corrected chi connectivity index (χ3v) is 36.3. The molecule has 0 aliphatic heterocycles. The van der Waals surface area contributed by atoms with E-state index in [0.717, 1.165) is 35.1 Å². The summed E-state index contributed by atoms with van der Waals surface area (Å²) in [6, 6.07) is 19.9. The van der Waals surface area contributed by atoms with Crippen molar-refractivity contribution in [3.05, 3.63) is 59.7 Å². The van der Waals surface area contributed by atoms with Crippen LogP contribution in [0.1, 0.15) is 44.7 Å². The summed E-state index contributed by atoms with van der Waals surface area (Å²) in [5.41, 5.74) is 3.22. The van der Waals surface area contributed by atoms with E-state index in [0.29, 0.717) is 24.4 Å². The normalized spacial score (nSPS) is 14.5. The molecule has 1 atom stereocenters. The van der Waals surface area contributed by atoms with Crippen molar-refractivity contribution in [2.45, 2.75) is 142 Å². The van der Waals surface area contributed by atoms with E-state index in [4.69, 9.17) is 31.0 Å². The number of hydrogen-bond acceptors (Lipinski definition) is 8. The van der Waals surface area contributed by atoms with Crippen LogP contribution in [0.4, 0.5) is 0 Å². The molecule has 0 N–H and O–H groups in total. The standard InChI is InChI=1S/C39H76O8Si7/c1-17-19-28-48(5,6)46-53(15,16)47-52(13,14)34-51(11,12)44-33-54(18-2,31-42-49(7,8)29-36-24-20-22-26-38(36)41-4)32-43-50(9,10)30-37-25-21-23-27-39(37)45-35(3)40/h20-27H,17-19,28-34H2,1-16H3. The molecule has 2 aromatic rings. The lowest BCUT2D eigenvalue weighted by Gasteiger charge is -2.42. The monoisotopic (exact) mass is 868 g/mol. The summed E-state index contributed by atoms with van der Waals surface area (Å²) in [5, 5.41) is 0. The lowest BCUT2D eigenvalue weighted by Crippen LogP contribution is -2.58. The highest BCUT2D eigenvalue weighted by atomic mass is 28.5. The molecule has 0 aliphatic carbocycles. The van der Waals surface area contributed by atoms with Crippen LogP contribution in [0, 0.1) is 0 Å². The van der Waals surface area contributed by atoms with Gasteiger partial charge in [-0.1, -0.05) is 69.1 Å². The first kappa shape index (κ1) is 49.2. The maximum Gasteiger partial charge on any atom is 0.311 e. The van der Waals surface area contributed by atoms with Crippen molar-refractivity contribution in [3.8, 4) is 11.5 Å². The minimum absolute atomic E-state index is 0.311. The summed E-state index contributed by atoms with van der Waals surface area (Å²) in [6.45, 7) is 33.8. The molecule has 15 heteroatoms. The first-order chi connectivity index (χ1) is 24.8. The van der Waals surface area contributed by atoms with Crippen LogP contribution < -0.4 is 9.47 Å². The molecule has 0 amide bonds. The molecule has 2 rings (SSSR count). The second-order valence-electron chi connectivity index (χ2n) is 18.8. The van der Waals surface area contributed by atoms with E-state index in [2.05, 4.69) is 105 Å². The predicted molar refractivity (Wildman–Crippen MR) is 244 cm³/mol. The van der Waals surface area contributed by atoms with Crippen LogP contribution in [0.25, 0.3) is 0 Å². The SMILES string of the molecule is CCCC[Si](C)(C)O[Si](C)(C)O[Si](C)(C)C[Si](C)(C)OC[Si](CC)(CO[Si](C)(C)Cc1ccccc1OC)CO[Si](C)(C)Cc1ccccc1OC(C)=O. The zero-order chi connectivity index (χ0) is 41.1. The number of carbonyl (C=O) groups excluding carboxylic acids is 1. The molecule has 0 saturated heterocycles. The van der Waals surface area contributed by atoms with Gasteiger partial charge >= 0.3 is 14.5 Å². The highest BCUT2D eigenvalue weighted by Gasteiger charge is 2.45. The van der Waals surface area contributed by atoms with Gasteiger partial charge in [0, 0.05) is 25.6 Å². The molecule has 308 valence electrons. The molecule has 0 bridgehead atoms. The minimum Gasteiger partial charge on any atom is -0.496 e. The number of rotatable bonds is 25. The van der Waals surface area contributed by atoms with E-state index >= 15 is 0 Å². The Morgan fingerprint density at radius 1 is 0.593 bits per heavy atom. The highest BCUT2D eigenvalue weighted by Crippen LogP contribution is 2.31. The molecule has 0 spiro atoms.